The Balaban J connectivity index is 1.74. The molecule has 3 heterocycles. The molecule has 35 heavy (non-hydrogen) atoms. The average molecular weight is 514 g/mol. The van der Waals surface area contributed by atoms with E-state index in [9.17, 15) is 12.8 Å². The monoisotopic (exact) mass is 513 g/mol. The van der Waals surface area contributed by atoms with Crippen LogP contribution in [0.25, 0.3) is 11.1 Å². The number of hydrogen-bond acceptors (Lipinski definition) is 8. The first-order valence-corrected chi connectivity index (χ1v) is 13.0. The minimum absolute atomic E-state index is 0.134. The van der Waals surface area contributed by atoms with E-state index in [-0.39, 0.29) is 11.3 Å². The Hall–Kier alpha value is -3.50. The number of fused-ring (bicyclic) bond motifs is 1. The van der Waals surface area contributed by atoms with Crippen molar-refractivity contribution < 1.29 is 17.0 Å². The third-order valence-corrected chi connectivity index (χ3v) is 6.54. The molecule has 0 fully saturated rings. The summed E-state index contributed by atoms with van der Waals surface area (Å²) in [6.07, 6.45) is 3.03. The number of pyridine rings is 1. The molecule has 0 radical (unpaired) electrons. The molecule has 180 valence electrons. The van der Waals surface area contributed by atoms with Crippen LogP contribution in [0, 0.1) is 5.95 Å². The average Bonchev–Trinajstić information content (AvgIpc) is 3.13. The summed E-state index contributed by atoms with van der Waals surface area (Å²) in [6.45, 7) is 1.23. The molecule has 3 aromatic rings. The van der Waals surface area contributed by atoms with Gasteiger partial charge in [0.05, 0.1) is 11.3 Å². The highest BCUT2D eigenvalue weighted by atomic mass is 35.5. The van der Waals surface area contributed by atoms with Gasteiger partial charge >= 0.3 is 10.1 Å². The number of nitrogens with two attached hydrogens (primary N) is 1. The minimum atomic E-state index is -3.75. The highest BCUT2D eigenvalue weighted by Gasteiger charge is 2.49. The molecule has 2 aliphatic heterocycles. The van der Waals surface area contributed by atoms with Crippen LogP contribution in [0.2, 0.25) is 5.02 Å². The Bertz CT molecular complexity index is 1490. The molecular weight excluding hydrogens is 493 g/mol. The lowest BCUT2D eigenvalue weighted by atomic mass is 9.81. The summed E-state index contributed by atoms with van der Waals surface area (Å²) >= 11 is 6.08. The zero-order chi connectivity index (χ0) is 24.8. The third-order valence-electron chi connectivity index (χ3n) is 5.84. The fourth-order valence-electron chi connectivity index (χ4n) is 4.46. The van der Waals surface area contributed by atoms with Crippen LogP contribution in [0.4, 0.5) is 4.39 Å². The zero-order valence-electron chi connectivity index (χ0n) is 18.6. The number of amidine groups is 1. The van der Waals surface area contributed by atoms with Crippen molar-refractivity contribution in [3.05, 3.63) is 82.9 Å². The fraction of sp³-hybridized carbons (Fsp3) is 0.208. The van der Waals surface area contributed by atoms with Gasteiger partial charge in [0.1, 0.15) is 11.6 Å². The fourth-order valence-corrected chi connectivity index (χ4v) is 5.07. The van der Waals surface area contributed by atoms with Gasteiger partial charge in [-0.1, -0.05) is 41.9 Å². The van der Waals surface area contributed by atoms with E-state index in [4.69, 9.17) is 31.5 Å². The van der Waals surface area contributed by atoms with Gasteiger partial charge in [-0.25, -0.2) is 9.98 Å². The van der Waals surface area contributed by atoms with E-state index >= 15 is 0 Å². The van der Waals surface area contributed by atoms with Crippen molar-refractivity contribution in [1.29, 1.82) is 0 Å². The van der Waals surface area contributed by atoms with Crippen LogP contribution in [0.5, 0.6) is 5.75 Å². The Morgan fingerprint density at radius 1 is 1.14 bits per heavy atom. The lowest BCUT2D eigenvalue weighted by Gasteiger charge is -2.33. The number of benzene rings is 2. The van der Waals surface area contributed by atoms with E-state index < -0.39 is 21.6 Å². The van der Waals surface area contributed by atoms with Crippen molar-refractivity contribution in [2.75, 3.05) is 19.3 Å². The topological polar surface area (TPSA) is 110 Å². The number of halogens is 2. The van der Waals surface area contributed by atoms with Gasteiger partial charge in [-0.2, -0.15) is 12.8 Å². The molecule has 0 bridgehead atoms. The first-order valence-electron chi connectivity index (χ1n) is 10.8. The predicted octanol–water partition coefficient (Wildman–Crippen LogP) is 3.56. The van der Waals surface area contributed by atoms with E-state index in [0.29, 0.717) is 46.6 Å². The molecule has 0 saturated heterocycles. The number of guanidine groups is 1. The number of aromatic nitrogens is 1. The van der Waals surface area contributed by atoms with Crippen LogP contribution >= 0.6 is 11.6 Å². The van der Waals surface area contributed by atoms with Crippen molar-refractivity contribution in [3.63, 3.8) is 0 Å². The molecule has 0 amide bonds. The third kappa shape index (κ3) is 4.23. The first-order chi connectivity index (χ1) is 16.7. The van der Waals surface area contributed by atoms with Gasteiger partial charge in [-0.3, -0.25) is 9.89 Å². The molecule has 0 aliphatic carbocycles. The summed E-state index contributed by atoms with van der Waals surface area (Å²) in [5.41, 5.74) is 7.21. The van der Waals surface area contributed by atoms with E-state index in [2.05, 4.69) is 4.98 Å². The van der Waals surface area contributed by atoms with E-state index in [1.54, 1.807) is 42.5 Å². The molecule has 8 nitrogen and oxygen atoms in total. The quantitative estimate of drug-likeness (QED) is 0.412. The van der Waals surface area contributed by atoms with Gasteiger partial charge < -0.3 is 9.92 Å². The Kier molecular flexibility index (Phi) is 5.72. The van der Waals surface area contributed by atoms with E-state index in [1.807, 2.05) is 11.0 Å². The molecule has 1 unspecified atom stereocenters. The summed E-state index contributed by atoms with van der Waals surface area (Å²) in [7, 11) is -3.75. The van der Waals surface area contributed by atoms with Gasteiger partial charge in [-0.15, -0.1) is 0 Å². The van der Waals surface area contributed by atoms with Crippen LogP contribution in [0.15, 0.2) is 70.8 Å². The normalized spacial score (nSPS) is 19.7. The second-order valence-electron chi connectivity index (χ2n) is 8.28. The lowest BCUT2D eigenvalue weighted by molar-refractivity contribution is 0.491. The minimum Gasteiger partial charge on any atom is -0.383 e. The van der Waals surface area contributed by atoms with Crippen molar-refractivity contribution >= 4 is 33.5 Å². The van der Waals surface area contributed by atoms with Crippen LogP contribution < -0.4 is 9.92 Å². The smallest absolute Gasteiger partial charge is 0.306 e. The number of rotatable bonds is 5. The Morgan fingerprint density at radius 2 is 1.89 bits per heavy atom. The molecule has 1 aromatic heterocycles. The van der Waals surface area contributed by atoms with Gasteiger partial charge in [0, 0.05) is 24.8 Å². The summed E-state index contributed by atoms with van der Waals surface area (Å²) in [5.74, 6) is 0.378. The van der Waals surface area contributed by atoms with Crippen molar-refractivity contribution in [1.82, 2.24) is 9.88 Å². The predicted molar refractivity (Wildman–Crippen MR) is 133 cm³/mol. The summed E-state index contributed by atoms with van der Waals surface area (Å²) < 4.78 is 43.3. The highest BCUT2D eigenvalue weighted by molar-refractivity contribution is 7.86. The maximum Gasteiger partial charge on any atom is 0.306 e. The van der Waals surface area contributed by atoms with Crippen LogP contribution in [0.3, 0.4) is 0 Å². The molecule has 11 heteroatoms. The number of hydrogen-bond donors (Lipinski definition) is 1. The Labute approximate surface area is 207 Å². The van der Waals surface area contributed by atoms with Crippen LogP contribution in [0.1, 0.15) is 17.5 Å². The van der Waals surface area contributed by atoms with Crippen molar-refractivity contribution in [3.8, 4) is 16.9 Å². The molecule has 2 aliphatic rings. The van der Waals surface area contributed by atoms with Crippen molar-refractivity contribution in [2.24, 2.45) is 15.7 Å². The lowest BCUT2D eigenvalue weighted by Crippen LogP contribution is -2.46. The zero-order valence-corrected chi connectivity index (χ0v) is 20.2. The van der Waals surface area contributed by atoms with E-state index in [1.165, 1.54) is 12.3 Å². The molecule has 5 rings (SSSR count). The first kappa shape index (κ1) is 23.3. The van der Waals surface area contributed by atoms with Gasteiger partial charge in [-0.05, 0) is 47.4 Å². The standard InChI is InChI=1S/C24H21ClFN5O3S/c1-35(32,33)34-19-8-3-7-17(12-19)24(22-28-9-4-10-31(22)23(27)30-24)16-6-2-5-15(11-16)20-13-18(25)14-29-21(20)26/h2-3,5-8,11-14H,4,9-10H2,1H3,(H2,27,30). The van der Waals surface area contributed by atoms with Crippen LogP contribution in [-0.4, -0.2) is 49.4 Å². The summed E-state index contributed by atoms with van der Waals surface area (Å²) in [5, 5.41) is 0.304. The molecule has 0 saturated carbocycles. The maximum absolute atomic E-state index is 14.6. The second kappa shape index (κ2) is 8.62. The van der Waals surface area contributed by atoms with Crippen LogP contribution in [-0.2, 0) is 15.7 Å². The van der Waals surface area contributed by atoms with Gasteiger partial charge in [0.25, 0.3) is 0 Å². The molecule has 1 atom stereocenters. The molecule has 2 aromatic carbocycles. The largest absolute Gasteiger partial charge is 0.383 e. The Morgan fingerprint density at radius 3 is 2.66 bits per heavy atom. The maximum atomic E-state index is 14.6. The van der Waals surface area contributed by atoms with E-state index in [0.717, 1.165) is 12.7 Å². The highest BCUT2D eigenvalue weighted by Crippen LogP contribution is 2.43. The van der Waals surface area contributed by atoms with Gasteiger partial charge in [0.15, 0.2) is 11.5 Å². The second-order valence-corrected chi connectivity index (χ2v) is 10.3. The molecule has 2 N–H and O–H groups in total. The molecular formula is C24H21ClFN5O3S. The number of aliphatic imine (C=N–C) groups is 2. The SMILES string of the molecule is CS(=O)(=O)Oc1cccc(C2(c3cccc(-c4cc(Cl)cnc4F)c3)N=C(N)N3CCCN=C32)c1. The van der Waals surface area contributed by atoms with Crippen molar-refractivity contribution in [2.45, 2.75) is 12.0 Å². The summed E-state index contributed by atoms with van der Waals surface area (Å²) in [4.78, 5) is 15.2. The molecule has 0 spiro atoms. The van der Waals surface area contributed by atoms with Gasteiger partial charge in [0.2, 0.25) is 5.95 Å². The number of nitrogens with zero attached hydrogens (tertiary/aromatic N) is 4. The summed E-state index contributed by atoms with van der Waals surface area (Å²) in [6, 6.07) is 15.3.